The summed E-state index contributed by atoms with van der Waals surface area (Å²) in [4.78, 5) is 0. The minimum absolute atomic E-state index is 0.202. The van der Waals surface area contributed by atoms with Crippen LogP contribution in [0.15, 0.2) is 18.2 Å². The maximum absolute atomic E-state index is 12.9. The van der Waals surface area contributed by atoms with E-state index >= 15 is 0 Å². The Morgan fingerprint density at radius 1 is 1.36 bits per heavy atom. The SMILES string of the molecule is N#CCC=Cc1cc(F)c(N)c(F)c1. The first-order valence-electron chi connectivity index (χ1n) is 3.93. The van der Waals surface area contributed by atoms with Crippen molar-refractivity contribution in [2.24, 2.45) is 0 Å². The van der Waals surface area contributed by atoms with Gasteiger partial charge < -0.3 is 5.73 Å². The van der Waals surface area contributed by atoms with Crippen LogP contribution in [0.2, 0.25) is 0 Å². The van der Waals surface area contributed by atoms with Gasteiger partial charge in [-0.15, -0.1) is 0 Å². The molecule has 0 spiro atoms. The van der Waals surface area contributed by atoms with E-state index in [1.807, 2.05) is 6.07 Å². The number of rotatable bonds is 2. The van der Waals surface area contributed by atoms with Crippen molar-refractivity contribution in [1.82, 2.24) is 0 Å². The molecule has 0 fully saturated rings. The van der Waals surface area contributed by atoms with Crippen LogP contribution in [0.1, 0.15) is 12.0 Å². The third-order valence-electron chi connectivity index (χ3n) is 1.62. The van der Waals surface area contributed by atoms with Gasteiger partial charge in [-0.2, -0.15) is 5.26 Å². The van der Waals surface area contributed by atoms with E-state index in [0.29, 0.717) is 5.56 Å². The van der Waals surface area contributed by atoms with E-state index in [1.54, 1.807) is 0 Å². The van der Waals surface area contributed by atoms with E-state index < -0.39 is 17.3 Å². The van der Waals surface area contributed by atoms with Crippen LogP contribution in [0.4, 0.5) is 14.5 Å². The molecular weight excluding hydrogens is 186 g/mol. The first kappa shape index (κ1) is 10.2. The lowest BCUT2D eigenvalue weighted by atomic mass is 10.1. The fourth-order valence-corrected chi connectivity index (χ4v) is 0.948. The van der Waals surface area contributed by atoms with E-state index in [4.69, 9.17) is 11.0 Å². The summed E-state index contributed by atoms with van der Waals surface area (Å²) in [5.41, 5.74) is 4.95. The van der Waals surface area contributed by atoms with Crippen LogP contribution >= 0.6 is 0 Å². The zero-order valence-corrected chi connectivity index (χ0v) is 7.30. The van der Waals surface area contributed by atoms with Gasteiger partial charge in [0.25, 0.3) is 0 Å². The molecule has 72 valence electrons. The number of nitriles is 1. The number of halogens is 2. The van der Waals surface area contributed by atoms with E-state index in [1.165, 1.54) is 12.2 Å². The number of nitrogens with zero attached hydrogens (tertiary/aromatic N) is 1. The fourth-order valence-electron chi connectivity index (χ4n) is 0.948. The van der Waals surface area contributed by atoms with Crippen molar-refractivity contribution in [3.05, 3.63) is 35.4 Å². The van der Waals surface area contributed by atoms with Crippen LogP contribution in [0.3, 0.4) is 0 Å². The third-order valence-corrected chi connectivity index (χ3v) is 1.62. The topological polar surface area (TPSA) is 49.8 Å². The predicted octanol–water partition coefficient (Wildman–Crippen LogP) is 2.47. The lowest BCUT2D eigenvalue weighted by Crippen LogP contribution is -1.95. The molecule has 0 saturated carbocycles. The molecule has 1 aromatic rings. The standard InChI is InChI=1S/C10H8F2N2/c11-8-5-7(3-1-2-4-13)6-9(12)10(8)14/h1,3,5-6H,2,14H2. The number of hydrogen-bond donors (Lipinski definition) is 1. The lowest BCUT2D eigenvalue weighted by molar-refractivity contribution is 0.591. The van der Waals surface area contributed by atoms with Crippen molar-refractivity contribution < 1.29 is 8.78 Å². The Hall–Kier alpha value is -1.89. The second-order valence-corrected chi connectivity index (χ2v) is 2.66. The minimum atomic E-state index is -0.790. The number of benzene rings is 1. The third kappa shape index (κ3) is 2.30. The zero-order chi connectivity index (χ0) is 10.6. The van der Waals surface area contributed by atoms with Crippen LogP contribution < -0.4 is 5.73 Å². The van der Waals surface area contributed by atoms with E-state index in [-0.39, 0.29) is 6.42 Å². The van der Waals surface area contributed by atoms with Gasteiger partial charge in [-0.25, -0.2) is 8.78 Å². The van der Waals surface area contributed by atoms with Crippen molar-refractivity contribution in [3.63, 3.8) is 0 Å². The highest BCUT2D eigenvalue weighted by atomic mass is 19.1. The molecule has 0 heterocycles. The summed E-state index contributed by atoms with van der Waals surface area (Å²) in [7, 11) is 0. The molecule has 0 bridgehead atoms. The summed E-state index contributed by atoms with van der Waals surface area (Å²) in [6.45, 7) is 0. The summed E-state index contributed by atoms with van der Waals surface area (Å²) in [6, 6.07) is 4.11. The Morgan fingerprint density at radius 3 is 2.43 bits per heavy atom. The lowest BCUT2D eigenvalue weighted by Gasteiger charge is -1.99. The molecule has 0 amide bonds. The van der Waals surface area contributed by atoms with Crippen LogP contribution in [0.5, 0.6) is 0 Å². The average Bonchev–Trinajstić information content (AvgIpc) is 2.14. The minimum Gasteiger partial charge on any atom is -0.394 e. The highest BCUT2D eigenvalue weighted by molar-refractivity contribution is 5.55. The molecule has 1 rings (SSSR count). The van der Waals surface area contributed by atoms with E-state index in [0.717, 1.165) is 12.1 Å². The van der Waals surface area contributed by atoms with Crippen molar-refractivity contribution in [1.29, 1.82) is 5.26 Å². The first-order chi connectivity index (χ1) is 6.65. The summed E-state index contributed by atoms with van der Waals surface area (Å²) in [6.07, 6.45) is 3.19. The van der Waals surface area contributed by atoms with Crippen molar-refractivity contribution in [3.8, 4) is 6.07 Å². The zero-order valence-electron chi connectivity index (χ0n) is 7.30. The van der Waals surface area contributed by atoms with E-state index in [2.05, 4.69) is 0 Å². The van der Waals surface area contributed by atoms with Gasteiger partial charge in [0.1, 0.15) is 17.3 Å². The monoisotopic (exact) mass is 194 g/mol. The predicted molar refractivity (Wildman–Crippen MR) is 50.0 cm³/mol. The van der Waals surface area contributed by atoms with E-state index in [9.17, 15) is 8.78 Å². The molecule has 0 saturated heterocycles. The number of allylic oxidation sites excluding steroid dienone is 1. The Kier molecular flexibility index (Phi) is 3.19. The number of hydrogen-bond acceptors (Lipinski definition) is 2. The molecule has 2 N–H and O–H groups in total. The summed E-state index contributed by atoms with van der Waals surface area (Å²) >= 11 is 0. The maximum atomic E-state index is 12.9. The molecular formula is C10H8F2N2. The maximum Gasteiger partial charge on any atom is 0.149 e. The number of anilines is 1. The summed E-state index contributed by atoms with van der Waals surface area (Å²) < 4.78 is 25.8. The second-order valence-electron chi connectivity index (χ2n) is 2.66. The normalized spacial score (nSPS) is 10.4. The smallest absolute Gasteiger partial charge is 0.149 e. The van der Waals surface area contributed by atoms with Gasteiger partial charge in [-0.1, -0.05) is 12.2 Å². The van der Waals surface area contributed by atoms with Crippen LogP contribution in [0, 0.1) is 23.0 Å². The number of nitrogens with two attached hydrogens (primary N) is 1. The molecule has 0 aliphatic heterocycles. The Bertz CT molecular complexity index is 382. The highest BCUT2D eigenvalue weighted by Gasteiger charge is 2.05. The fraction of sp³-hybridized carbons (Fsp3) is 0.100. The highest BCUT2D eigenvalue weighted by Crippen LogP contribution is 2.18. The Labute approximate surface area is 80.3 Å². The molecule has 0 aliphatic carbocycles. The van der Waals surface area contributed by atoms with Crippen molar-refractivity contribution in [2.75, 3.05) is 5.73 Å². The Balaban J connectivity index is 2.96. The molecule has 0 unspecified atom stereocenters. The molecule has 4 heteroatoms. The molecule has 1 aromatic carbocycles. The molecule has 14 heavy (non-hydrogen) atoms. The van der Waals surface area contributed by atoms with Gasteiger partial charge in [0.15, 0.2) is 0 Å². The summed E-state index contributed by atoms with van der Waals surface area (Å²) in [5.74, 6) is -1.58. The molecule has 0 aliphatic rings. The molecule has 0 aromatic heterocycles. The molecule has 0 atom stereocenters. The summed E-state index contributed by atoms with van der Waals surface area (Å²) in [5, 5.41) is 8.23. The number of nitrogen functional groups attached to an aromatic ring is 1. The van der Waals surface area contributed by atoms with Crippen LogP contribution in [0.25, 0.3) is 6.08 Å². The average molecular weight is 194 g/mol. The molecule has 0 radical (unpaired) electrons. The van der Waals surface area contributed by atoms with Gasteiger partial charge >= 0.3 is 0 Å². The first-order valence-corrected chi connectivity index (χ1v) is 3.93. The van der Waals surface area contributed by atoms with Crippen molar-refractivity contribution >= 4 is 11.8 Å². The Morgan fingerprint density at radius 2 is 1.93 bits per heavy atom. The quantitative estimate of drug-likeness (QED) is 0.735. The van der Waals surface area contributed by atoms with Gasteiger partial charge in [0.05, 0.1) is 12.5 Å². The molecule has 2 nitrogen and oxygen atoms in total. The van der Waals surface area contributed by atoms with Crippen LogP contribution in [-0.4, -0.2) is 0 Å². The van der Waals surface area contributed by atoms with Gasteiger partial charge in [0, 0.05) is 0 Å². The second kappa shape index (κ2) is 4.38. The van der Waals surface area contributed by atoms with Crippen LogP contribution in [-0.2, 0) is 0 Å². The largest absolute Gasteiger partial charge is 0.394 e. The van der Waals surface area contributed by atoms with Gasteiger partial charge in [-0.3, -0.25) is 0 Å². The van der Waals surface area contributed by atoms with Gasteiger partial charge in [-0.05, 0) is 17.7 Å². The van der Waals surface area contributed by atoms with Crippen molar-refractivity contribution in [2.45, 2.75) is 6.42 Å². The van der Waals surface area contributed by atoms with Gasteiger partial charge in [0.2, 0.25) is 0 Å².